The number of aliphatic carboxylic acids is 1. The Morgan fingerprint density at radius 1 is 1.28 bits per heavy atom. The fourth-order valence-electron chi connectivity index (χ4n) is 4.93. The number of carboxylic acid groups (broad SMARTS) is 1. The molecule has 2 unspecified atom stereocenters. The molecule has 1 saturated heterocycles. The molecule has 11 heteroatoms. The number of likely N-dealkylation sites (tertiary alicyclic amines) is 1. The molecule has 1 aliphatic heterocycles. The SMILES string of the molecule is CC1CCCCN1C1CC=C(c2nc(-c3cc(F)cc(CN(C)CC(=O)O)c3)no2)C=C1C(F)(F)F. The van der Waals surface area contributed by atoms with Gasteiger partial charge in [-0.3, -0.25) is 14.6 Å². The number of carboxylic acids is 1. The lowest BCUT2D eigenvalue weighted by Crippen LogP contribution is -2.48. The molecule has 1 aliphatic carbocycles. The number of alkyl halides is 3. The minimum Gasteiger partial charge on any atom is -0.480 e. The standard InChI is InChI=1S/C25H28F4N4O3/c1-15-5-3-4-8-33(15)21-7-6-17(12-20(21)25(27,28)29)24-30-23(31-36-24)18-9-16(10-19(26)11-18)13-32(2)14-22(34)35/h6,9-12,15,21H,3-5,7-8,13-14H2,1-2H3,(H,34,35). The maximum absolute atomic E-state index is 14.3. The second kappa shape index (κ2) is 10.5. The van der Waals surface area contributed by atoms with Crippen LogP contribution in [0.15, 0.2) is 40.4 Å². The summed E-state index contributed by atoms with van der Waals surface area (Å²) in [6.07, 6.45) is 1.16. The highest BCUT2D eigenvalue weighted by molar-refractivity contribution is 5.73. The third-order valence-electron chi connectivity index (χ3n) is 6.56. The average Bonchev–Trinajstić information content (AvgIpc) is 3.28. The van der Waals surface area contributed by atoms with Gasteiger partial charge in [-0.25, -0.2) is 4.39 Å². The summed E-state index contributed by atoms with van der Waals surface area (Å²) < 4.78 is 61.6. The molecule has 2 aromatic rings. The fourth-order valence-corrected chi connectivity index (χ4v) is 4.93. The summed E-state index contributed by atoms with van der Waals surface area (Å²) >= 11 is 0. The highest BCUT2D eigenvalue weighted by Crippen LogP contribution is 2.39. The van der Waals surface area contributed by atoms with Crippen molar-refractivity contribution in [1.29, 1.82) is 0 Å². The predicted molar refractivity (Wildman–Crippen MR) is 124 cm³/mol. The number of nitrogens with zero attached hydrogens (tertiary/aromatic N) is 4. The number of carbonyl (C=O) groups is 1. The van der Waals surface area contributed by atoms with E-state index >= 15 is 0 Å². The van der Waals surface area contributed by atoms with Crippen LogP contribution in [0.5, 0.6) is 0 Å². The van der Waals surface area contributed by atoms with E-state index in [2.05, 4.69) is 10.1 Å². The maximum Gasteiger partial charge on any atom is 0.414 e. The van der Waals surface area contributed by atoms with Gasteiger partial charge in [0.05, 0.1) is 12.1 Å². The van der Waals surface area contributed by atoms with Crippen LogP contribution in [0, 0.1) is 5.82 Å². The van der Waals surface area contributed by atoms with Gasteiger partial charge in [-0.2, -0.15) is 18.2 Å². The molecule has 1 N–H and O–H groups in total. The Labute approximate surface area is 206 Å². The van der Waals surface area contributed by atoms with Crippen LogP contribution in [0.3, 0.4) is 0 Å². The molecule has 194 valence electrons. The van der Waals surface area contributed by atoms with E-state index in [4.69, 9.17) is 9.63 Å². The number of aromatic nitrogens is 2. The Morgan fingerprint density at radius 3 is 2.75 bits per heavy atom. The van der Waals surface area contributed by atoms with Crippen molar-refractivity contribution in [3.05, 3.63) is 53.2 Å². The second-order valence-electron chi connectivity index (χ2n) is 9.43. The molecule has 2 aliphatic rings. The Hall–Kier alpha value is -3.05. The Morgan fingerprint density at radius 2 is 2.06 bits per heavy atom. The molecule has 4 rings (SSSR count). The molecule has 1 fully saturated rings. The third kappa shape index (κ3) is 6.01. The summed E-state index contributed by atoms with van der Waals surface area (Å²) in [6.45, 7) is 2.53. The zero-order valence-corrected chi connectivity index (χ0v) is 20.1. The van der Waals surface area contributed by atoms with Crippen molar-refractivity contribution in [2.24, 2.45) is 0 Å². The van der Waals surface area contributed by atoms with E-state index < -0.39 is 29.6 Å². The van der Waals surface area contributed by atoms with Crippen molar-refractivity contribution in [3.63, 3.8) is 0 Å². The molecule has 7 nitrogen and oxygen atoms in total. The van der Waals surface area contributed by atoms with Gasteiger partial charge in [0.2, 0.25) is 5.82 Å². The van der Waals surface area contributed by atoms with E-state index in [-0.39, 0.29) is 48.4 Å². The van der Waals surface area contributed by atoms with Crippen LogP contribution in [-0.2, 0) is 11.3 Å². The minimum atomic E-state index is -4.51. The van der Waals surface area contributed by atoms with Crippen LogP contribution in [0.1, 0.15) is 44.1 Å². The molecule has 36 heavy (non-hydrogen) atoms. The number of allylic oxidation sites excluding steroid dienone is 2. The van der Waals surface area contributed by atoms with Gasteiger partial charge < -0.3 is 9.63 Å². The highest BCUT2D eigenvalue weighted by Gasteiger charge is 2.43. The van der Waals surface area contributed by atoms with Crippen LogP contribution < -0.4 is 0 Å². The quantitative estimate of drug-likeness (QED) is 0.532. The Bertz CT molecular complexity index is 1170. The summed E-state index contributed by atoms with van der Waals surface area (Å²) in [7, 11) is 1.59. The monoisotopic (exact) mass is 508 g/mol. The second-order valence-corrected chi connectivity index (χ2v) is 9.43. The highest BCUT2D eigenvalue weighted by atomic mass is 19.4. The van der Waals surface area contributed by atoms with Crippen molar-refractivity contribution in [3.8, 4) is 11.4 Å². The first-order valence-corrected chi connectivity index (χ1v) is 11.8. The molecule has 0 spiro atoms. The summed E-state index contributed by atoms with van der Waals surface area (Å²) in [5.74, 6) is -1.64. The zero-order valence-electron chi connectivity index (χ0n) is 20.1. The van der Waals surface area contributed by atoms with Gasteiger partial charge in [-0.05, 0) is 69.6 Å². The topological polar surface area (TPSA) is 82.7 Å². The van der Waals surface area contributed by atoms with Crippen molar-refractivity contribution in [2.75, 3.05) is 20.1 Å². The van der Waals surface area contributed by atoms with Crippen LogP contribution in [-0.4, -0.2) is 69.4 Å². The lowest BCUT2D eigenvalue weighted by atomic mass is 9.89. The summed E-state index contributed by atoms with van der Waals surface area (Å²) in [6, 6.07) is 3.36. The van der Waals surface area contributed by atoms with Crippen molar-refractivity contribution in [2.45, 2.75) is 57.4 Å². The molecule has 1 aromatic heterocycles. The average molecular weight is 509 g/mol. The van der Waals surface area contributed by atoms with Crippen LogP contribution in [0.2, 0.25) is 0 Å². The van der Waals surface area contributed by atoms with Crippen LogP contribution in [0.25, 0.3) is 17.0 Å². The summed E-state index contributed by atoms with van der Waals surface area (Å²) in [5, 5.41) is 12.8. The van der Waals surface area contributed by atoms with Crippen molar-refractivity contribution < 1.29 is 32.0 Å². The van der Waals surface area contributed by atoms with Gasteiger partial charge in [0.25, 0.3) is 5.89 Å². The van der Waals surface area contributed by atoms with E-state index in [0.29, 0.717) is 12.1 Å². The summed E-state index contributed by atoms with van der Waals surface area (Å²) in [5.41, 5.74) is 0.317. The molecule has 2 atom stereocenters. The first-order chi connectivity index (χ1) is 17.0. The molecule has 0 amide bonds. The molecule has 2 heterocycles. The van der Waals surface area contributed by atoms with Gasteiger partial charge in [0.15, 0.2) is 0 Å². The van der Waals surface area contributed by atoms with E-state index in [1.54, 1.807) is 19.2 Å². The van der Waals surface area contributed by atoms with Crippen molar-refractivity contribution >= 4 is 11.5 Å². The molecule has 0 radical (unpaired) electrons. The number of rotatable bonds is 7. The number of halogens is 4. The van der Waals surface area contributed by atoms with Gasteiger partial charge in [-0.1, -0.05) is 17.7 Å². The van der Waals surface area contributed by atoms with Gasteiger partial charge >= 0.3 is 12.1 Å². The van der Waals surface area contributed by atoms with Gasteiger partial charge in [0.1, 0.15) is 5.82 Å². The first kappa shape index (κ1) is 26.0. The predicted octanol–water partition coefficient (Wildman–Crippen LogP) is 4.91. The van der Waals surface area contributed by atoms with Gasteiger partial charge in [-0.15, -0.1) is 0 Å². The van der Waals surface area contributed by atoms with Crippen LogP contribution in [0.4, 0.5) is 17.6 Å². The Balaban J connectivity index is 1.58. The number of piperidine rings is 1. The van der Waals surface area contributed by atoms with Gasteiger partial charge in [0, 0.05) is 29.8 Å². The third-order valence-corrected chi connectivity index (χ3v) is 6.56. The number of hydrogen-bond donors (Lipinski definition) is 1. The smallest absolute Gasteiger partial charge is 0.414 e. The molecule has 0 bridgehead atoms. The minimum absolute atomic E-state index is 0.0290. The maximum atomic E-state index is 14.3. The van der Waals surface area contributed by atoms with E-state index in [1.807, 2.05) is 11.8 Å². The zero-order chi connectivity index (χ0) is 26.0. The van der Waals surface area contributed by atoms with Crippen molar-refractivity contribution in [1.82, 2.24) is 19.9 Å². The summed E-state index contributed by atoms with van der Waals surface area (Å²) in [4.78, 5) is 18.5. The normalized spacial score (nSPS) is 21.4. The van der Waals surface area contributed by atoms with E-state index in [9.17, 15) is 22.4 Å². The lowest BCUT2D eigenvalue weighted by molar-refractivity contribution is -0.138. The van der Waals surface area contributed by atoms with E-state index in [0.717, 1.165) is 25.3 Å². The largest absolute Gasteiger partial charge is 0.480 e. The fraction of sp³-hybridized carbons (Fsp3) is 0.480. The molecule has 0 saturated carbocycles. The Kier molecular flexibility index (Phi) is 7.60. The number of hydrogen-bond acceptors (Lipinski definition) is 6. The first-order valence-electron chi connectivity index (χ1n) is 11.8. The molecular formula is C25H28F4N4O3. The number of benzene rings is 1. The lowest BCUT2D eigenvalue weighted by Gasteiger charge is -2.41. The number of likely N-dealkylation sites (N-methyl/N-ethyl adjacent to an activating group) is 1. The van der Waals surface area contributed by atoms with E-state index in [1.165, 1.54) is 17.0 Å². The molecular weight excluding hydrogens is 480 g/mol. The molecule has 1 aromatic carbocycles. The van der Waals surface area contributed by atoms with Crippen LogP contribution >= 0.6 is 0 Å².